The van der Waals surface area contributed by atoms with Gasteiger partial charge in [0.05, 0.1) is 5.69 Å². The second-order valence-corrected chi connectivity index (χ2v) is 6.43. The van der Waals surface area contributed by atoms with Gasteiger partial charge >= 0.3 is 0 Å². The van der Waals surface area contributed by atoms with E-state index in [1.165, 1.54) is 25.1 Å². The number of nitrogen functional groups attached to an aromatic ring is 1. The maximum atomic E-state index is 13.9. The van der Waals surface area contributed by atoms with Crippen molar-refractivity contribution in [3.8, 4) is 0 Å². The summed E-state index contributed by atoms with van der Waals surface area (Å²) in [5.74, 6) is -2.00. The smallest absolute Gasteiger partial charge is 0.264 e. The monoisotopic (exact) mass is 332 g/mol. The van der Waals surface area contributed by atoms with Crippen molar-refractivity contribution < 1.29 is 17.2 Å². The second-order valence-electron chi connectivity index (χ2n) is 4.34. The van der Waals surface area contributed by atoms with Gasteiger partial charge in [0.15, 0.2) is 5.82 Å². The highest BCUT2D eigenvalue weighted by Gasteiger charge is 2.22. The minimum absolute atomic E-state index is 0.109. The zero-order valence-electron chi connectivity index (χ0n) is 10.8. The van der Waals surface area contributed by atoms with Gasteiger partial charge in [0.1, 0.15) is 16.4 Å². The molecule has 8 heteroatoms. The predicted octanol–water partition coefficient (Wildman–Crippen LogP) is 3.31. The lowest BCUT2D eigenvalue weighted by molar-refractivity contribution is 0.579. The van der Waals surface area contributed by atoms with Gasteiger partial charge in [0.25, 0.3) is 10.0 Å². The van der Waals surface area contributed by atoms with Gasteiger partial charge in [-0.2, -0.15) is 0 Å². The molecule has 0 heterocycles. The normalized spacial score (nSPS) is 11.4. The molecule has 2 aromatic rings. The fraction of sp³-hybridized carbons (Fsp3) is 0.0769. The molecular formula is C13H11ClF2N2O2S. The molecule has 0 unspecified atom stereocenters. The Labute approximate surface area is 125 Å². The van der Waals surface area contributed by atoms with Gasteiger partial charge in [-0.25, -0.2) is 17.2 Å². The summed E-state index contributed by atoms with van der Waals surface area (Å²) in [4.78, 5) is -0.313. The Kier molecular flexibility index (Phi) is 4.06. The van der Waals surface area contributed by atoms with Crippen LogP contribution in [-0.4, -0.2) is 8.42 Å². The Morgan fingerprint density at radius 1 is 1.19 bits per heavy atom. The van der Waals surface area contributed by atoms with Crippen molar-refractivity contribution in [2.75, 3.05) is 10.5 Å². The molecule has 0 amide bonds. The Morgan fingerprint density at radius 2 is 1.86 bits per heavy atom. The van der Waals surface area contributed by atoms with Crippen molar-refractivity contribution in [1.82, 2.24) is 0 Å². The number of hydrogen-bond donors (Lipinski definition) is 2. The summed E-state index contributed by atoms with van der Waals surface area (Å²) in [7, 11) is -4.24. The molecule has 0 aliphatic heterocycles. The quantitative estimate of drug-likeness (QED) is 0.847. The number of hydrogen-bond acceptors (Lipinski definition) is 3. The molecule has 2 rings (SSSR count). The number of anilines is 2. The Hall–Kier alpha value is -1.86. The third kappa shape index (κ3) is 3.08. The molecule has 112 valence electrons. The number of nitrogens with two attached hydrogens (primary N) is 1. The number of halogens is 3. The molecule has 0 aliphatic carbocycles. The van der Waals surface area contributed by atoms with Crippen LogP contribution in [0.15, 0.2) is 35.2 Å². The fourth-order valence-electron chi connectivity index (χ4n) is 1.70. The van der Waals surface area contributed by atoms with Gasteiger partial charge in [-0.3, -0.25) is 4.72 Å². The third-order valence-corrected chi connectivity index (χ3v) is 4.44. The number of aryl methyl sites for hydroxylation is 1. The van der Waals surface area contributed by atoms with Crippen LogP contribution < -0.4 is 10.5 Å². The van der Waals surface area contributed by atoms with Crippen molar-refractivity contribution in [2.45, 2.75) is 11.8 Å². The van der Waals surface area contributed by atoms with E-state index in [2.05, 4.69) is 0 Å². The van der Waals surface area contributed by atoms with Crippen LogP contribution in [0.3, 0.4) is 0 Å². The van der Waals surface area contributed by atoms with Gasteiger partial charge in [0.2, 0.25) is 0 Å². The molecule has 0 spiro atoms. The van der Waals surface area contributed by atoms with Crippen LogP contribution in [0.4, 0.5) is 20.2 Å². The molecule has 4 nitrogen and oxygen atoms in total. The van der Waals surface area contributed by atoms with Crippen molar-refractivity contribution in [1.29, 1.82) is 0 Å². The van der Waals surface area contributed by atoms with Crippen LogP contribution in [0.25, 0.3) is 0 Å². The van der Waals surface area contributed by atoms with Crippen molar-refractivity contribution in [3.63, 3.8) is 0 Å². The van der Waals surface area contributed by atoms with Gasteiger partial charge in [-0.05, 0) is 36.8 Å². The summed E-state index contributed by atoms with van der Waals surface area (Å²) < 4.78 is 53.7. The third-order valence-electron chi connectivity index (χ3n) is 2.78. The van der Waals surface area contributed by atoms with Crippen molar-refractivity contribution in [2.24, 2.45) is 0 Å². The van der Waals surface area contributed by atoms with Gasteiger partial charge in [0, 0.05) is 5.02 Å². The molecule has 0 aromatic heterocycles. The molecule has 0 saturated carbocycles. The topological polar surface area (TPSA) is 72.2 Å². The number of nitrogens with one attached hydrogen (secondary N) is 1. The first-order valence-electron chi connectivity index (χ1n) is 5.75. The van der Waals surface area contributed by atoms with E-state index in [1.807, 2.05) is 4.72 Å². The first-order valence-corrected chi connectivity index (χ1v) is 7.61. The maximum Gasteiger partial charge on any atom is 0.264 e. The number of sulfonamides is 1. The van der Waals surface area contributed by atoms with Crippen LogP contribution >= 0.6 is 11.6 Å². The van der Waals surface area contributed by atoms with Gasteiger partial charge < -0.3 is 5.73 Å². The minimum atomic E-state index is -4.24. The molecular weight excluding hydrogens is 322 g/mol. The maximum absolute atomic E-state index is 13.9. The predicted molar refractivity (Wildman–Crippen MR) is 77.8 cm³/mol. The summed E-state index contributed by atoms with van der Waals surface area (Å²) in [6.45, 7) is 1.39. The first kappa shape index (κ1) is 15.5. The SMILES string of the molecule is Cc1ccc(F)c(NS(=O)(=O)c2ccc(Cl)cc2N)c1F. The molecule has 3 N–H and O–H groups in total. The largest absolute Gasteiger partial charge is 0.398 e. The molecule has 0 saturated heterocycles. The Balaban J connectivity index is 2.50. The Bertz CT molecular complexity index is 810. The lowest BCUT2D eigenvalue weighted by Crippen LogP contribution is -2.17. The standard InChI is InChI=1S/C13H11ClF2N2O2S/c1-7-2-4-9(15)13(12(7)16)18-21(19,20)11-5-3-8(14)6-10(11)17/h2-6,18H,17H2,1H3. The zero-order valence-corrected chi connectivity index (χ0v) is 12.4. The van der Waals surface area contributed by atoms with Crippen molar-refractivity contribution in [3.05, 3.63) is 52.6 Å². The zero-order chi connectivity index (χ0) is 15.8. The second kappa shape index (κ2) is 5.50. The minimum Gasteiger partial charge on any atom is -0.398 e. The molecule has 0 bridgehead atoms. The summed E-state index contributed by atoms with van der Waals surface area (Å²) in [6.07, 6.45) is 0. The van der Waals surface area contributed by atoms with Crippen molar-refractivity contribution >= 4 is 33.0 Å². The van der Waals surface area contributed by atoms with Gasteiger partial charge in [-0.15, -0.1) is 0 Å². The van der Waals surface area contributed by atoms with Crippen LogP contribution in [0.2, 0.25) is 5.02 Å². The molecule has 0 radical (unpaired) electrons. The van der Waals surface area contributed by atoms with Crippen LogP contribution in [-0.2, 0) is 10.0 Å². The summed E-state index contributed by atoms with van der Waals surface area (Å²) >= 11 is 5.68. The van der Waals surface area contributed by atoms with E-state index < -0.39 is 27.3 Å². The number of benzene rings is 2. The fourth-order valence-corrected chi connectivity index (χ4v) is 3.07. The molecule has 0 fully saturated rings. The first-order chi connectivity index (χ1) is 9.72. The Morgan fingerprint density at radius 3 is 2.48 bits per heavy atom. The van der Waals surface area contributed by atoms with E-state index in [9.17, 15) is 17.2 Å². The average Bonchev–Trinajstić information content (AvgIpc) is 2.39. The van der Waals surface area contributed by atoms with E-state index >= 15 is 0 Å². The molecule has 0 aliphatic rings. The van der Waals surface area contributed by atoms with E-state index in [-0.39, 0.29) is 21.2 Å². The lowest BCUT2D eigenvalue weighted by atomic mass is 10.2. The van der Waals surface area contributed by atoms with Crippen LogP contribution in [0.1, 0.15) is 5.56 Å². The average molecular weight is 333 g/mol. The summed E-state index contributed by atoms with van der Waals surface area (Å²) in [5, 5.41) is 0.249. The van der Waals surface area contributed by atoms with E-state index in [1.54, 1.807) is 0 Å². The van der Waals surface area contributed by atoms with Crippen LogP contribution in [0.5, 0.6) is 0 Å². The highest BCUT2D eigenvalue weighted by Crippen LogP contribution is 2.28. The highest BCUT2D eigenvalue weighted by molar-refractivity contribution is 7.92. The van der Waals surface area contributed by atoms with Crippen LogP contribution in [0, 0.1) is 18.6 Å². The van der Waals surface area contributed by atoms with E-state index in [0.717, 1.165) is 12.1 Å². The summed E-state index contributed by atoms with van der Waals surface area (Å²) in [6, 6.07) is 5.89. The highest BCUT2D eigenvalue weighted by atomic mass is 35.5. The molecule has 0 atom stereocenters. The molecule has 2 aromatic carbocycles. The number of rotatable bonds is 3. The summed E-state index contributed by atoms with van der Waals surface area (Å²) in [5.41, 5.74) is 4.82. The van der Waals surface area contributed by atoms with E-state index in [0.29, 0.717) is 0 Å². The lowest BCUT2D eigenvalue weighted by Gasteiger charge is -2.12. The molecule has 21 heavy (non-hydrogen) atoms. The van der Waals surface area contributed by atoms with Gasteiger partial charge in [-0.1, -0.05) is 17.7 Å². The van der Waals surface area contributed by atoms with E-state index in [4.69, 9.17) is 17.3 Å².